The Morgan fingerprint density at radius 1 is 0.400 bits per heavy atom. The van der Waals surface area contributed by atoms with Crippen LogP contribution in [0.2, 0.25) is 0 Å². The molecule has 0 amide bonds. The molecule has 0 bridgehead atoms. The maximum absolute atomic E-state index is 6.77. The lowest BCUT2D eigenvalue weighted by molar-refractivity contribution is 0.664. The van der Waals surface area contributed by atoms with Crippen LogP contribution < -0.4 is 5.32 Å². The number of nitrogens with one attached hydrogen (secondary N) is 1. The number of furan rings is 1. The summed E-state index contributed by atoms with van der Waals surface area (Å²) in [6, 6.07) is 78.2. The number of fused-ring (bicyclic) bond motifs is 5. The largest absolute Gasteiger partial charge is 0.455 e. The van der Waals surface area contributed by atoms with Crippen molar-refractivity contribution in [2.75, 3.05) is 0 Å². The van der Waals surface area contributed by atoms with Gasteiger partial charge in [0.1, 0.15) is 17.3 Å². The summed E-state index contributed by atoms with van der Waals surface area (Å²) in [7, 11) is 0. The molecule has 5 heteroatoms. The van der Waals surface area contributed by atoms with Gasteiger partial charge in [-0.3, -0.25) is 4.99 Å². The first-order valence-electron chi connectivity index (χ1n) is 22.0. The van der Waals surface area contributed by atoms with E-state index in [0.29, 0.717) is 5.82 Å². The molecule has 12 rings (SSSR count). The topological polar surface area (TPSA) is 63.3 Å². The lowest BCUT2D eigenvalue weighted by atomic mass is 9.92. The van der Waals surface area contributed by atoms with E-state index >= 15 is 0 Å². The Hall–Kier alpha value is -8.67. The molecule has 3 heterocycles. The number of hydrogen-bond acceptors (Lipinski definition) is 5. The molecule has 1 N–H and O–H groups in total. The second-order valence-corrected chi connectivity index (χ2v) is 16.4. The van der Waals surface area contributed by atoms with Crippen LogP contribution in [0.25, 0.3) is 94.6 Å². The standard InChI is InChI=1S/C60H40N4O/c1-5-16-41(17-6-1)52-37-54(63-59(61-52)45-20-9-3-10-21-45)43-32-28-39(29-33-43)47-26-15-27-56-57(47)51-36-50(48-24-13-14-25-49(48)58(51)65-56)40-30-34-44(35-31-40)55-38-53(42-18-7-2-8-19-42)62-60(64-55)46-22-11-4-12-23-46/h1-38,59,61H. The molecule has 11 aromatic rings. The average molecular weight is 833 g/mol. The zero-order valence-corrected chi connectivity index (χ0v) is 35.3. The minimum absolute atomic E-state index is 0.204. The summed E-state index contributed by atoms with van der Waals surface area (Å²) >= 11 is 0. The number of allylic oxidation sites excluding steroid dienone is 1. The van der Waals surface area contributed by atoms with Gasteiger partial charge < -0.3 is 9.73 Å². The van der Waals surface area contributed by atoms with E-state index in [9.17, 15) is 0 Å². The van der Waals surface area contributed by atoms with Gasteiger partial charge in [0.25, 0.3) is 0 Å². The van der Waals surface area contributed by atoms with Crippen LogP contribution in [0.3, 0.4) is 0 Å². The highest BCUT2D eigenvalue weighted by Gasteiger charge is 2.21. The SMILES string of the molecule is C1=C(c2ccccc2)NC(c2ccccc2)N=C1c1ccc(-c2cccc3oc4c5ccccc5c(-c5ccc(-c6cc(-c7ccccc7)nc(-c7ccccc7)n6)cc5)cc4c23)cc1. The van der Waals surface area contributed by atoms with Crippen LogP contribution in [0, 0.1) is 0 Å². The molecule has 0 aliphatic carbocycles. The summed E-state index contributed by atoms with van der Waals surface area (Å²) in [5.41, 5.74) is 16.3. The average Bonchev–Trinajstić information content (AvgIpc) is 3.78. The van der Waals surface area contributed by atoms with Crippen molar-refractivity contribution in [1.82, 2.24) is 15.3 Å². The van der Waals surface area contributed by atoms with Gasteiger partial charge in [-0.15, -0.1) is 0 Å². The van der Waals surface area contributed by atoms with Crippen molar-refractivity contribution < 1.29 is 4.42 Å². The van der Waals surface area contributed by atoms with Crippen molar-refractivity contribution in [3.8, 4) is 56.2 Å². The molecule has 65 heavy (non-hydrogen) atoms. The Kier molecular flexibility index (Phi) is 9.50. The van der Waals surface area contributed by atoms with Crippen molar-refractivity contribution in [3.63, 3.8) is 0 Å². The maximum Gasteiger partial charge on any atom is 0.160 e. The molecule has 0 saturated carbocycles. The fourth-order valence-corrected chi connectivity index (χ4v) is 9.11. The predicted molar refractivity (Wildman–Crippen MR) is 267 cm³/mol. The van der Waals surface area contributed by atoms with Gasteiger partial charge in [-0.1, -0.05) is 206 Å². The van der Waals surface area contributed by atoms with Crippen molar-refractivity contribution in [1.29, 1.82) is 0 Å². The molecule has 0 spiro atoms. The van der Waals surface area contributed by atoms with Crippen molar-refractivity contribution >= 4 is 44.1 Å². The Labute approximate surface area is 376 Å². The van der Waals surface area contributed by atoms with E-state index in [4.69, 9.17) is 19.4 Å². The molecule has 1 unspecified atom stereocenters. The molecular formula is C60H40N4O. The number of benzene rings is 9. The van der Waals surface area contributed by atoms with Crippen LogP contribution in [0.15, 0.2) is 240 Å². The quantitative estimate of drug-likeness (QED) is 0.166. The molecule has 1 atom stereocenters. The zero-order chi connectivity index (χ0) is 43.1. The van der Waals surface area contributed by atoms with Crippen LogP contribution in [0.5, 0.6) is 0 Å². The normalized spacial score (nSPS) is 13.7. The fraction of sp³-hybridized carbons (Fsp3) is 0.0167. The first kappa shape index (κ1) is 38.0. The van der Waals surface area contributed by atoms with Gasteiger partial charge >= 0.3 is 0 Å². The lowest BCUT2D eigenvalue weighted by Gasteiger charge is -2.25. The monoisotopic (exact) mass is 832 g/mol. The van der Waals surface area contributed by atoms with Crippen LogP contribution in [0.1, 0.15) is 22.9 Å². The van der Waals surface area contributed by atoms with Crippen LogP contribution in [-0.4, -0.2) is 15.7 Å². The minimum atomic E-state index is -0.204. The number of hydrogen-bond donors (Lipinski definition) is 1. The van der Waals surface area contributed by atoms with Crippen LogP contribution in [0.4, 0.5) is 0 Å². The van der Waals surface area contributed by atoms with E-state index in [1.165, 1.54) is 0 Å². The van der Waals surface area contributed by atoms with Gasteiger partial charge in [-0.05, 0) is 68.6 Å². The molecular weight excluding hydrogens is 793 g/mol. The summed E-state index contributed by atoms with van der Waals surface area (Å²) in [5, 5.41) is 8.06. The van der Waals surface area contributed by atoms with Crippen molar-refractivity contribution in [2.24, 2.45) is 4.99 Å². The molecule has 0 radical (unpaired) electrons. The van der Waals surface area contributed by atoms with E-state index in [-0.39, 0.29) is 6.17 Å². The Balaban J connectivity index is 0.935. The molecule has 5 nitrogen and oxygen atoms in total. The molecule has 0 saturated heterocycles. The smallest absolute Gasteiger partial charge is 0.160 e. The summed E-state index contributed by atoms with van der Waals surface area (Å²) in [6.07, 6.45) is 1.95. The third kappa shape index (κ3) is 7.15. The molecule has 1 aliphatic rings. The number of nitrogens with zero attached hydrogens (tertiary/aromatic N) is 3. The molecule has 1 aliphatic heterocycles. The number of aromatic nitrogens is 2. The number of aliphatic imine (C=N–C) groups is 1. The van der Waals surface area contributed by atoms with Gasteiger partial charge in [0.15, 0.2) is 5.82 Å². The minimum Gasteiger partial charge on any atom is -0.455 e. The third-order valence-electron chi connectivity index (χ3n) is 12.4. The summed E-state index contributed by atoms with van der Waals surface area (Å²) in [4.78, 5) is 15.3. The highest BCUT2D eigenvalue weighted by molar-refractivity contribution is 6.22. The van der Waals surface area contributed by atoms with Gasteiger partial charge in [0.05, 0.1) is 17.1 Å². The summed E-state index contributed by atoms with van der Waals surface area (Å²) < 4.78 is 6.77. The van der Waals surface area contributed by atoms with Gasteiger partial charge in [-0.2, -0.15) is 0 Å². The van der Waals surface area contributed by atoms with E-state index < -0.39 is 0 Å². The van der Waals surface area contributed by atoms with E-state index in [0.717, 1.165) is 111 Å². The Morgan fingerprint density at radius 2 is 0.938 bits per heavy atom. The summed E-state index contributed by atoms with van der Waals surface area (Å²) in [6.45, 7) is 0. The fourth-order valence-electron chi connectivity index (χ4n) is 9.11. The first-order chi connectivity index (χ1) is 32.2. The van der Waals surface area contributed by atoms with Crippen LogP contribution >= 0.6 is 0 Å². The third-order valence-corrected chi connectivity index (χ3v) is 12.4. The molecule has 306 valence electrons. The Morgan fingerprint density at radius 3 is 1.62 bits per heavy atom. The van der Waals surface area contributed by atoms with E-state index in [1.54, 1.807) is 0 Å². The highest BCUT2D eigenvalue weighted by Crippen LogP contribution is 2.43. The molecule has 2 aromatic heterocycles. The van der Waals surface area contributed by atoms with Gasteiger partial charge in [-0.25, -0.2) is 9.97 Å². The van der Waals surface area contributed by atoms with Crippen LogP contribution in [-0.2, 0) is 0 Å². The molecule has 9 aromatic carbocycles. The van der Waals surface area contributed by atoms with Crippen molar-refractivity contribution in [3.05, 3.63) is 247 Å². The first-order valence-corrected chi connectivity index (χ1v) is 22.0. The number of rotatable bonds is 8. The van der Waals surface area contributed by atoms with Gasteiger partial charge in [0, 0.05) is 38.5 Å². The van der Waals surface area contributed by atoms with E-state index in [2.05, 4.69) is 187 Å². The highest BCUT2D eigenvalue weighted by atomic mass is 16.3. The molecule has 0 fully saturated rings. The second-order valence-electron chi connectivity index (χ2n) is 16.4. The maximum atomic E-state index is 6.77. The van der Waals surface area contributed by atoms with Gasteiger partial charge in [0.2, 0.25) is 0 Å². The predicted octanol–water partition coefficient (Wildman–Crippen LogP) is 15.0. The lowest BCUT2D eigenvalue weighted by Crippen LogP contribution is -2.24. The zero-order valence-electron chi connectivity index (χ0n) is 35.3. The Bertz CT molecular complexity index is 3520. The van der Waals surface area contributed by atoms with Crippen molar-refractivity contribution in [2.45, 2.75) is 6.17 Å². The second kappa shape index (κ2) is 16.2. The summed E-state index contributed by atoms with van der Waals surface area (Å²) in [5.74, 6) is 0.700. The van der Waals surface area contributed by atoms with E-state index in [1.807, 2.05) is 48.5 Å².